The first-order valence-corrected chi connectivity index (χ1v) is 11.0. The quantitative estimate of drug-likeness (QED) is 0.285. The molecule has 0 unspecified atom stereocenters. The van der Waals surface area contributed by atoms with Crippen molar-refractivity contribution in [1.82, 2.24) is 5.32 Å². The highest BCUT2D eigenvalue weighted by molar-refractivity contribution is 7.80. The summed E-state index contributed by atoms with van der Waals surface area (Å²) in [4.78, 5) is 25.1. The largest absolute Gasteiger partial charge is 0.451 e. The number of para-hydroxylation sites is 1. The van der Waals surface area contributed by atoms with E-state index < -0.39 is 0 Å². The maximum atomic E-state index is 12.6. The third-order valence-corrected chi connectivity index (χ3v) is 5.49. The highest BCUT2D eigenvalue weighted by Crippen LogP contribution is 2.21. The summed E-state index contributed by atoms with van der Waals surface area (Å²) in [5.41, 5.74) is 2.45. The van der Waals surface area contributed by atoms with E-state index in [-0.39, 0.29) is 22.7 Å². The van der Waals surface area contributed by atoms with Crippen LogP contribution in [0.5, 0.6) is 0 Å². The van der Waals surface area contributed by atoms with E-state index >= 15 is 0 Å². The van der Waals surface area contributed by atoms with Crippen molar-refractivity contribution in [3.63, 3.8) is 0 Å². The van der Waals surface area contributed by atoms with Crippen molar-refractivity contribution in [2.75, 3.05) is 10.6 Å². The number of hydrogen-bond acceptors (Lipinski definition) is 4. The normalized spacial score (nSPS) is 10.7. The third kappa shape index (κ3) is 4.65. The molecular weight excluding hydrogens is 446 g/mol. The third-order valence-electron chi connectivity index (χ3n) is 5.29. The van der Waals surface area contributed by atoms with Gasteiger partial charge in [-0.15, -0.1) is 0 Å². The van der Waals surface area contributed by atoms with Crippen LogP contribution in [0.3, 0.4) is 0 Å². The summed E-state index contributed by atoms with van der Waals surface area (Å²) in [5, 5.41) is 11.6. The van der Waals surface area contributed by atoms with E-state index in [1.54, 1.807) is 36.4 Å². The van der Waals surface area contributed by atoms with Crippen LogP contribution in [0.25, 0.3) is 21.7 Å². The molecule has 5 aromatic rings. The minimum atomic E-state index is -0.338. The summed E-state index contributed by atoms with van der Waals surface area (Å²) in [6.07, 6.45) is 0. The van der Waals surface area contributed by atoms with Gasteiger partial charge in [-0.25, -0.2) is 0 Å². The maximum Gasteiger partial charge on any atom is 0.291 e. The van der Waals surface area contributed by atoms with Gasteiger partial charge in [0.05, 0.1) is 0 Å². The SMILES string of the molecule is O=C(NC(=S)Nc1ccc(NC(=O)c2cc3ccccc3o2)cc1)c1ccc2ccccc2c1. The zero-order valence-corrected chi connectivity index (χ0v) is 18.7. The van der Waals surface area contributed by atoms with Gasteiger partial charge >= 0.3 is 0 Å². The van der Waals surface area contributed by atoms with Crippen LogP contribution in [0.15, 0.2) is 101 Å². The average Bonchev–Trinajstić information content (AvgIpc) is 3.29. The molecule has 0 radical (unpaired) electrons. The molecule has 0 atom stereocenters. The summed E-state index contributed by atoms with van der Waals surface area (Å²) in [5.74, 6) is -0.394. The van der Waals surface area contributed by atoms with Crippen LogP contribution >= 0.6 is 12.2 Å². The minimum absolute atomic E-state index is 0.178. The first kappa shape index (κ1) is 21.4. The Kier molecular flexibility index (Phi) is 5.76. The van der Waals surface area contributed by atoms with E-state index in [1.165, 1.54) is 0 Å². The summed E-state index contributed by atoms with van der Waals surface area (Å²) in [6.45, 7) is 0. The van der Waals surface area contributed by atoms with E-state index in [2.05, 4.69) is 16.0 Å². The van der Waals surface area contributed by atoms with Crippen LogP contribution in [0, 0.1) is 0 Å². The van der Waals surface area contributed by atoms with Crippen LogP contribution < -0.4 is 16.0 Å². The Hall–Kier alpha value is -4.49. The zero-order valence-electron chi connectivity index (χ0n) is 17.9. The highest BCUT2D eigenvalue weighted by atomic mass is 32.1. The molecule has 7 heteroatoms. The fourth-order valence-electron chi connectivity index (χ4n) is 3.59. The molecule has 166 valence electrons. The monoisotopic (exact) mass is 465 g/mol. The Balaban J connectivity index is 1.19. The molecule has 4 aromatic carbocycles. The standard InChI is InChI=1S/C27H19N3O3S/c31-25(20-10-9-17-5-1-2-6-18(17)15-20)30-27(34)29-22-13-11-21(12-14-22)28-26(32)24-16-19-7-3-4-8-23(19)33-24/h1-16H,(H,28,32)(H2,29,30,31,34). The first-order valence-electron chi connectivity index (χ1n) is 10.6. The van der Waals surface area contributed by atoms with Gasteiger partial charge in [0.1, 0.15) is 5.58 Å². The van der Waals surface area contributed by atoms with E-state index in [0.717, 1.165) is 16.2 Å². The molecule has 1 heterocycles. The van der Waals surface area contributed by atoms with Gasteiger partial charge in [-0.2, -0.15) is 0 Å². The number of anilines is 2. The molecule has 0 aliphatic heterocycles. The molecule has 2 amide bonds. The Bertz CT molecular complexity index is 1510. The van der Waals surface area contributed by atoms with Gasteiger partial charge in [-0.3, -0.25) is 14.9 Å². The summed E-state index contributed by atoms with van der Waals surface area (Å²) in [7, 11) is 0. The molecule has 1 aromatic heterocycles. The molecule has 0 saturated heterocycles. The number of amides is 2. The van der Waals surface area contributed by atoms with Gasteiger partial charge in [0, 0.05) is 22.3 Å². The number of thiocarbonyl (C=S) groups is 1. The van der Waals surface area contributed by atoms with Gasteiger partial charge in [-0.1, -0.05) is 48.5 Å². The van der Waals surface area contributed by atoms with Crippen molar-refractivity contribution in [2.45, 2.75) is 0 Å². The molecule has 0 saturated carbocycles. The molecule has 34 heavy (non-hydrogen) atoms. The van der Waals surface area contributed by atoms with E-state index in [4.69, 9.17) is 16.6 Å². The number of fused-ring (bicyclic) bond motifs is 2. The smallest absolute Gasteiger partial charge is 0.291 e. The van der Waals surface area contributed by atoms with Gasteiger partial charge < -0.3 is 15.1 Å². The number of rotatable bonds is 4. The second-order valence-corrected chi connectivity index (χ2v) is 8.06. The molecule has 0 aliphatic carbocycles. The lowest BCUT2D eigenvalue weighted by molar-refractivity contribution is 0.0975. The number of hydrogen-bond donors (Lipinski definition) is 3. The predicted molar refractivity (Wildman–Crippen MR) is 138 cm³/mol. The van der Waals surface area contributed by atoms with Crippen molar-refractivity contribution in [1.29, 1.82) is 0 Å². The second-order valence-electron chi connectivity index (χ2n) is 7.65. The molecular formula is C27H19N3O3S. The molecule has 0 fully saturated rings. The van der Waals surface area contributed by atoms with E-state index in [1.807, 2.05) is 60.7 Å². The molecule has 0 bridgehead atoms. The van der Waals surface area contributed by atoms with Gasteiger partial charge in [0.15, 0.2) is 10.9 Å². The minimum Gasteiger partial charge on any atom is -0.451 e. The van der Waals surface area contributed by atoms with E-state index in [0.29, 0.717) is 22.5 Å². The van der Waals surface area contributed by atoms with Crippen LogP contribution in [0.4, 0.5) is 11.4 Å². The van der Waals surface area contributed by atoms with E-state index in [9.17, 15) is 9.59 Å². The van der Waals surface area contributed by atoms with Crippen molar-refractivity contribution < 1.29 is 14.0 Å². The number of nitrogens with one attached hydrogen (secondary N) is 3. The predicted octanol–water partition coefficient (Wildman–Crippen LogP) is 5.97. The molecule has 0 aliphatic rings. The molecule has 5 rings (SSSR count). The molecule has 0 spiro atoms. The van der Waals surface area contributed by atoms with Crippen LogP contribution in [-0.2, 0) is 0 Å². The maximum absolute atomic E-state index is 12.6. The van der Waals surface area contributed by atoms with Crippen LogP contribution in [-0.4, -0.2) is 16.9 Å². The Labute approximate surface area is 200 Å². The van der Waals surface area contributed by atoms with Gasteiger partial charge in [0.25, 0.3) is 11.8 Å². The summed E-state index contributed by atoms with van der Waals surface area (Å²) >= 11 is 5.28. The summed E-state index contributed by atoms with van der Waals surface area (Å²) in [6, 6.07) is 29.4. The van der Waals surface area contributed by atoms with Crippen molar-refractivity contribution in [3.05, 3.63) is 108 Å². The van der Waals surface area contributed by atoms with Crippen molar-refractivity contribution >= 4 is 62.3 Å². The Morgan fingerprint density at radius 3 is 2.03 bits per heavy atom. The number of furan rings is 1. The lowest BCUT2D eigenvalue weighted by Gasteiger charge is -2.11. The van der Waals surface area contributed by atoms with Crippen molar-refractivity contribution in [3.8, 4) is 0 Å². The number of carbonyl (C=O) groups excluding carboxylic acids is 2. The fourth-order valence-corrected chi connectivity index (χ4v) is 3.80. The summed E-state index contributed by atoms with van der Waals surface area (Å²) < 4.78 is 5.59. The van der Waals surface area contributed by atoms with Crippen LogP contribution in [0.1, 0.15) is 20.9 Å². The zero-order chi connectivity index (χ0) is 23.5. The average molecular weight is 466 g/mol. The molecule has 6 nitrogen and oxygen atoms in total. The fraction of sp³-hybridized carbons (Fsp3) is 0. The first-order chi connectivity index (χ1) is 16.5. The highest BCUT2D eigenvalue weighted by Gasteiger charge is 2.13. The topological polar surface area (TPSA) is 83.4 Å². The number of carbonyl (C=O) groups is 2. The van der Waals surface area contributed by atoms with Crippen LogP contribution in [0.2, 0.25) is 0 Å². The second kappa shape index (κ2) is 9.17. The van der Waals surface area contributed by atoms with Crippen molar-refractivity contribution in [2.24, 2.45) is 0 Å². The Morgan fingerprint density at radius 1 is 0.647 bits per heavy atom. The Morgan fingerprint density at radius 2 is 1.29 bits per heavy atom. The number of benzene rings is 4. The van der Waals surface area contributed by atoms with Gasteiger partial charge in [0.2, 0.25) is 0 Å². The lowest BCUT2D eigenvalue weighted by Crippen LogP contribution is -2.34. The van der Waals surface area contributed by atoms with Gasteiger partial charge in [-0.05, 0) is 71.5 Å². The molecule has 3 N–H and O–H groups in total. The lowest BCUT2D eigenvalue weighted by atomic mass is 10.1.